The molecule has 0 atom stereocenters. The summed E-state index contributed by atoms with van der Waals surface area (Å²) < 4.78 is 1.57. The summed E-state index contributed by atoms with van der Waals surface area (Å²) >= 11 is 0. The van der Waals surface area contributed by atoms with Crippen molar-refractivity contribution in [3.8, 4) is 0 Å². The smallest absolute Gasteiger partial charge is 0.266 e. The van der Waals surface area contributed by atoms with Crippen molar-refractivity contribution in [2.45, 2.75) is 0 Å². The molecule has 0 saturated carbocycles. The Morgan fingerprint density at radius 1 is 0.962 bits per heavy atom. The number of hydrogen-bond donors (Lipinski definition) is 1. The maximum Gasteiger partial charge on any atom is 0.266 e. The number of amides is 3. The van der Waals surface area contributed by atoms with Crippen molar-refractivity contribution in [1.82, 2.24) is 9.78 Å². The summed E-state index contributed by atoms with van der Waals surface area (Å²) in [6.45, 7) is 0. The van der Waals surface area contributed by atoms with Crippen LogP contribution < -0.4 is 10.2 Å². The minimum absolute atomic E-state index is 0.324. The first-order valence-corrected chi connectivity index (χ1v) is 7.93. The van der Waals surface area contributed by atoms with E-state index in [9.17, 15) is 14.4 Å². The van der Waals surface area contributed by atoms with E-state index in [0.29, 0.717) is 28.2 Å². The number of carbonyl (C=O) groups is 3. The Hall–Kier alpha value is -3.74. The number of rotatable bonds is 3. The van der Waals surface area contributed by atoms with Gasteiger partial charge in [-0.1, -0.05) is 18.2 Å². The molecule has 1 aliphatic heterocycles. The summed E-state index contributed by atoms with van der Waals surface area (Å²) in [7, 11) is 1.75. The molecule has 3 amide bonds. The predicted octanol–water partition coefficient (Wildman–Crippen LogP) is 2.47. The summed E-state index contributed by atoms with van der Waals surface area (Å²) in [5.74, 6) is -0.744. The van der Waals surface area contributed by atoms with Crippen LogP contribution in [0.15, 0.2) is 60.8 Å². The average Bonchev–Trinajstić information content (AvgIpc) is 3.17. The quantitative estimate of drug-likeness (QED) is 0.739. The molecule has 0 aliphatic carbocycles. The molecule has 1 aliphatic rings. The van der Waals surface area contributed by atoms with Crippen molar-refractivity contribution in [3.05, 3.63) is 77.5 Å². The van der Waals surface area contributed by atoms with Crippen LogP contribution in [-0.2, 0) is 7.05 Å². The van der Waals surface area contributed by atoms with Gasteiger partial charge in [0.15, 0.2) is 5.82 Å². The van der Waals surface area contributed by atoms with Crippen LogP contribution in [0, 0.1) is 0 Å². The van der Waals surface area contributed by atoms with E-state index >= 15 is 0 Å². The second kappa shape index (κ2) is 5.96. The molecule has 0 unspecified atom stereocenters. The molecule has 0 bridgehead atoms. The summed E-state index contributed by atoms with van der Waals surface area (Å²) in [5, 5.41) is 6.77. The van der Waals surface area contributed by atoms with Gasteiger partial charge in [0, 0.05) is 24.9 Å². The topological polar surface area (TPSA) is 84.3 Å². The summed E-state index contributed by atoms with van der Waals surface area (Å²) in [6, 6.07) is 14.7. The van der Waals surface area contributed by atoms with Crippen LogP contribution in [0.2, 0.25) is 0 Å². The largest absolute Gasteiger partial charge is 0.305 e. The Labute approximate surface area is 148 Å². The number of nitrogens with one attached hydrogen (secondary N) is 1. The number of benzene rings is 2. The van der Waals surface area contributed by atoms with Gasteiger partial charge in [0.1, 0.15) is 0 Å². The zero-order valence-corrected chi connectivity index (χ0v) is 13.8. The van der Waals surface area contributed by atoms with E-state index in [4.69, 9.17) is 0 Å². The van der Waals surface area contributed by atoms with Gasteiger partial charge in [0.05, 0.1) is 16.8 Å². The van der Waals surface area contributed by atoms with Crippen LogP contribution in [0.1, 0.15) is 31.1 Å². The monoisotopic (exact) mass is 346 g/mol. The van der Waals surface area contributed by atoms with Gasteiger partial charge >= 0.3 is 0 Å². The normalized spacial score (nSPS) is 13.0. The van der Waals surface area contributed by atoms with Gasteiger partial charge in [-0.15, -0.1) is 0 Å². The lowest BCUT2D eigenvalue weighted by Crippen LogP contribution is -2.29. The molecule has 0 saturated heterocycles. The zero-order chi connectivity index (χ0) is 18.3. The number of aromatic nitrogens is 2. The maximum absolute atomic E-state index is 12.6. The van der Waals surface area contributed by atoms with Gasteiger partial charge in [0.2, 0.25) is 0 Å². The molecule has 0 radical (unpaired) electrons. The number of imide groups is 1. The van der Waals surface area contributed by atoms with Crippen LogP contribution in [0.5, 0.6) is 0 Å². The Morgan fingerprint density at radius 3 is 2.27 bits per heavy atom. The van der Waals surface area contributed by atoms with Gasteiger partial charge in [-0.25, -0.2) is 4.90 Å². The molecule has 2 aromatic carbocycles. The average molecular weight is 346 g/mol. The molecule has 128 valence electrons. The molecular formula is C19H14N4O3. The van der Waals surface area contributed by atoms with Crippen LogP contribution in [0.25, 0.3) is 0 Å². The minimum Gasteiger partial charge on any atom is -0.305 e. The third-order valence-electron chi connectivity index (χ3n) is 4.12. The highest BCUT2D eigenvalue weighted by Gasteiger charge is 2.36. The molecule has 1 aromatic heterocycles. The van der Waals surface area contributed by atoms with Crippen LogP contribution in [0.3, 0.4) is 0 Å². The van der Waals surface area contributed by atoms with E-state index in [0.717, 1.165) is 4.90 Å². The fraction of sp³-hybridized carbons (Fsp3) is 0.0526. The number of carbonyl (C=O) groups excluding carboxylic acids is 3. The van der Waals surface area contributed by atoms with E-state index in [-0.39, 0.29) is 5.91 Å². The minimum atomic E-state index is -0.395. The van der Waals surface area contributed by atoms with Crippen molar-refractivity contribution in [1.29, 1.82) is 0 Å². The summed E-state index contributed by atoms with van der Waals surface area (Å²) in [5.41, 5.74) is 1.40. The van der Waals surface area contributed by atoms with Crippen molar-refractivity contribution in [3.63, 3.8) is 0 Å². The molecule has 7 heteroatoms. The van der Waals surface area contributed by atoms with E-state index < -0.39 is 11.8 Å². The lowest BCUT2D eigenvalue weighted by atomic mass is 10.1. The molecule has 4 rings (SSSR count). The van der Waals surface area contributed by atoms with Gasteiger partial charge in [-0.05, 0) is 30.3 Å². The molecule has 0 spiro atoms. The first-order valence-electron chi connectivity index (χ1n) is 7.93. The van der Waals surface area contributed by atoms with Gasteiger partial charge in [-0.3, -0.25) is 19.1 Å². The van der Waals surface area contributed by atoms with E-state index in [2.05, 4.69) is 10.4 Å². The van der Waals surface area contributed by atoms with E-state index in [1.165, 1.54) is 6.07 Å². The number of hydrogen-bond acceptors (Lipinski definition) is 4. The Balaban J connectivity index is 1.63. The second-order valence-corrected chi connectivity index (χ2v) is 5.87. The third kappa shape index (κ3) is 2.55. The molecule has 26 heavy (non-hydrogen) atoms. The second-order valence-electron chi connectivity index (χ2n) is 5.87. The summed E-state index contributed by atoms with van der Waals surface area (Å²) in [6.07, 6.45) is 1.71. The van der Waals surface area contributed by atoms with Crippen LogP contribution >= 0.6 is 0 Å². The molecule has 0 fully saturated rings. The van der Waals surface area contributed by atoms with Crippen LogP contribution in [-0.4, -0.2) is 27.5 Å². The van der Waals surface area contributed by atoms with Crippen molar-refractivity contribution in [2.75, 3.05) is 10.2 Å². The lowest BCUT2D eigenvalue weighted by molar-refractivity contribution is 0.0924. The number of fused-ring (bicyclic) bond motifs is 1. The SMILES string of the molecule is Cn1ccc(NC(=O)c2cccc(N3C(=O)c4ccccc4C3=O)c2)n1. The lowest BCUT2D eigenvalue weighted by Gasteiger charge is -2.14. The fourth-order valence-corrected chi connectivity index (χ4v) is 2.88. The standard InChI is InChI=1S/C19H14N4O3/c1-22-10-9-16(21-22)20-17(24)12-5-4-6-13(11-12)23-18(25)14-7-2-3-8-15(14)19(23)26/h2-11H,1H3,(H,20,21,24). The Kier molecular flexibility index (Phi) is 3.62. The van der Waals surface area contributed by atoms with Crippen molar-refractivity contribution in [2.24, 2.45) is 7.05 Å². The molecular weight excluding hydrogens is 332 g/mol. The predicted molar refractivity (Wildman–Crippen MR) is 95.2 cm³/mol. The molecule has 7 nitrogen and oxygen atoms in total. The number of aryl methyl sites for hydroxylation is 1. The zero-order valence-electron chi connectivity index (χ0n) is 13.8. The molecule has 2 heterocycles. The number of anilines is 2. The molecule has 3 aromatic rings. The third-order valence-corrected chi connectivity index (χ3v) is 4.12. The fourth-order valence-electron chi connectivity index (χ4n) is 2.88. The van der Waals surface area contributed by atoms with Crippen molar-refractivity contribution < 1.29 is 14.4 Å². The van der Waals surface area contributed by atoms with E-state index in [1.807, 2.05) is 0 Å². The Morgan fingerprint density at radius 2 is 1.65 bits per heavy atom. The van der Waals surface area contributed by atoms with Crippen LogP contribution in [0.4, 0.5) is 11.5 Å². The first-order chi connectivity index (χ1) is 12.5. The van der Waals surface area contributed by atoms with Gasteiger partial charge in [0.25, 0.3) is 17.7 Å². The summed E-state index contributed by atoms with van der Waals surface area (Å²) in [4.78, 5) is 38.7. The maximum atomic E-state index is 12.6. The Bertz CT molecular complexity index is 1020. The number of nitrogens with zero attached hydrogens (tertiary/aromatic N) is 3. The highest BCUT2D eigenvalue weighted by atomic mass is 16.2. The van der Waals surface area contributed by atoms with Gasteiger partial charge in [-0.2, -0.15) is 5.10 Å². The van der Waals surface area contributed by atoms with Crippen molar-refractivity contribution >= 4 is 29.2 Å². The van der Waals surface area contributed by atoms with E-state index in [1.54, 1.807) is 66.5 Å². The van der Waals surface area contributed by atoms with Gasteiger partial charge < -0.3 is 5.32 Å². The highest BCUT2D eigenvalue weighted by molar-refractivity contribution is 6.34. The first kappa shape index (κ1) is 15.8. The highest BCUT2D eigenvalue weighted by Crippen LogP contribution is 2.28. The molecule has 1 N–H and O–H groups in total.